The number of nitrogens with two attached hydrogens (primary N) is 1. The predicted octanol–water partition coefficient (Wildman–Crippen LogP) is 0.470. The number of nitrogens with one attached hydrogen (secondary N) is 2. The molecule has 0 aliphatic heterocycles. The van der Waals surface area contributed by atoms with E-state index in [0.717, 1.165) is 0 Å². The van der Waals surface area contributed by atoms with Gasteiger partial charge in [-0.15, -0.1) is 0 Å². The molecule has 0 saturated heterocycles. The first-order valence-corrected chi connectivity index (χ1v) is 7.97. The van der Waals surface area contributed by atoms with Gasteiger partial charge >= 0.3 is 0 Å². The number of methoxy groups -OCH3 is 1. The maximum absolute atomic E-state index is 12.2. The van der Waals surface area contributed by atoms with Crippen LogP contribution in [0.2, 0.25) is 0 Å². The van der Waals surface area contributed by atoms with E-state index in [1.54, 1.807) is 6.07 Å². The van der Waals surface area contributed by atoms with E-state index >= 15 is 0 Å². The maximum atomic E-state index is 12.2. The standard InChI is InChI=1S/C13H21N3O4S/c1-9(2)16-13(17)6-7-15-21(18,19)12-8-10(14)4-5-11(12)20-3/h4-5,8-9,15H,6-7,14H2,1-3H3,(H,16,17). The Morgan fingerprint density at radius 1 is 1.38 bits per heavy atom. The number of carbonyl (C=O) groups is 1. The molecule has 0 atom stereocenters. The molecular formula is C13H21N3O4S. The van der Waals surface area contributed by atoms with Crippen LogP contribution in [0.5, 0.6) is 5.75 Å². The van der Waals surface area contributed by atoms with Gasteiger partial charge in [-0.1, -0.05) is 0 Å². The largest absolute Gasteiger partial charge is 0.495 e. The molecule has 0 aliphatic rings. The molecule has 8 heteroatoms. The lowest BCUT2D eigenvalue weighted by atomic mass is 10.3. The topological polar surface area (TPSA) is 111 Å². The van der Waals surface area contributed by atoms with Crippen LogP contribution in [0.15, 0.2) is 23.1 Å². The van der Waals surface area contributed by atoms with Crippen molar-refractivity contribution in [3.63, 3.8) is 0 Å². The zero-order valence-corrected chi connectivity index (χ0v) is 13.2. The quantitative estimate of drug-likeness (QED) is 0.634. The third-order valence-corrected chi connectivity index (χ3v) is 4.05. The van der Waals surface area contributed by atoms with Gasteiger partial charge in [0.1, 0.15) is 10.6 Å². The summed E-state index contributed by atoms with van der Waals surface area (Å²) in [6, 6.07) is 4.36. The van der Waals surface area contributed by atoms with E-state index in [0.29, 0.717) is 5.69 Å². The Morgan fingerprint density at radius 3 is 2.62 bits per heavy atom. The van der Waals surface area contributed by atoms with Gasteiger partial charge in [0.2, 0.25) is 15.9 Å². The highest BCUT2D eigenvalue weighted by molar-refractivity contribution is 7.89. The van der Waals surface area contributed by atoms with Gasteiger partial charge in [-0.25, -0.2) is 13.1 Å². The van der Waals surface area contributed by atoms with Gasteiger partial charge < -0.3 is 15.8 Å². The smallest absolute Gasteiger partial charge is 0.244 e. The summed E-state index contributed by atoms with van der Waals surface area (Å²) in [4.78, 5) is 11.4. The molecule has 0 radical (unpaired) electrons. The summed E-state index contributed by atoms with van der Waals surface area (Å²) in [7, 11) is -2.41. The van der Waals surface area contributed by atoms with E-state index in [2.05, 4.69) is 10.0 Å². The molecule has 0 bridgehead atoms. The predicted molar refractivity (Wildman–Crippen MR) is 80.5 cm³/mol. The van der Waals surface area contributed by atoms with E-state index in [1.807, 2.05) is 13.8 Å². The zero-order valence-electron chi connectivity index (χ0n) is 12.3. The molecule has 1 amide bonds. The summed E-state index contributed by atoms with van der Waals surface area (Å²) in [5, 5.41) is 2.68. The first-order chi connectivity index (χ1) is 9.76. The average Bonchev–Trinajstić information content (AvgIpc) is 2.37. The maximum Gasteiger partial charge on any atom is 0.244 e. The number of hydrogen-bond donors (Lipinski definition) is 3. The SMILES string of the molecule is COc1ccc(N)cc1S(=O)(=O)NCCC(=O)NC(C)C. The van der Waals surface area contributed by atoms with E-state index in [-0.39, 0.29) is 35.6 Å². The molecular weight excluding hydrogens is 294 g/mol. The van der Waals surface area contributed by atoms with Crippen LogP contribution in [0.3, 0.4) is 0 Å². The van der Waals surface area contributed by atoms with Crippen LogP contribution in [-0.4, -0.2) is 34.0 Å². The molecule has 7 nitrogen and oxygen atoms in total. The Labute approximate surface area is 124 Å². The number of rotatable bonds is 7. The van der Waals surface area contributed by atoms with E-state index in [1.165, 1.54) is 19.2 Å². The van der Waals surface area contributed by atoms with Gasteiger partial charge in [0, 0.05) is 24.7 Å². The molecule has 4 N–H and O–H groups in total. The molecule has 0 heterocycles. The van der Waals surface area contributed by atoms with Crippen molar-refractivity contribution >= 4 is 21.6 Å². The Balaban J connectivity index is 2.74. The molecule has 1 rings (SSSR count). The van der Waals surface area contributed by atoms with Gasteiger partial charge in [0.15, 0.2) is 0 Å². The molecule has 118 valence electrons. The van der Waals surface area contributed by atoms with Gasteiger partial charge in [-0.2, -0.15) is 0 Å². The summed E-state index contributed by atoms with van der Waals surface area (Å²) >= 11 is 0. The fourth-order valence-corrected chi connectivity index (χ4v) is 2.91. The molecule has 0 aliphatic carbocycles. The highest BCUT2D eigenvalue weighted by Crippen LogP contribution is 2.25. The van der Waals surface area contributed by atoms with Crippen molar-refractivity contribution < 1.29 is 17.9 Å². The first kappa shape index (κ1) is 17.3. The molecule has 21 heavy (non-hydrogen) atoms. The lowest BCUT2D eigenvalue weighted by Crippen LogP contribution is -2.34. The molecule has 1 aromatic carbocycles. The van der Waals surface area contributed by atoms with Crippen LogP contribution >= 0.6 is 0 Å². The van der Waals surface area contributed by atoms with Crippen LogP contribution < -0.4 is 20.5 Å². The van der Waals surface area contributed by atoms with Crippen molar-refractivity contribution in [1.82, 2.24) is 10.0 Å². The number of benzene rings is 1. The third-order valence-electron chi connectivity index (χ3n) is 2.57. The van der Waals surface area contributed by atoms with Crippen molar-refractivity contribution in [3.05, 3.63) is 18.2 Å². The second-order valence-corrected chi connectivity index (χ2v) is 6.52. The van der Waals surface area contributed by atoms with Gasteiger partial charge in [-0.3, -0.25) is 4.79 Å². The highest BCUT2D eigenvalue weighted by Gasteiger charge is 2.19. The number of hydrogen-bond acceptors (Lipinski definition) is 5. The van der Waals surface area contributed by atoms with E-state index < -0.39 is 10.0 Å². The second kappa shape index (κ2) is 7.28. The van der Waals surface area contributed by atoms with E-state index in [4.69, 9.17) is 10.5 Å². The van der Waals surface area contributed by atoms with Crippen LogP contribution in [-0.2, 0) is 14.8 Å². The monoisotopic (exact) mass is 315 g/mol. The number of nitrogen functional groups attached to an aromatic ring is 1. The van der Waals surface area contributed by atoms with Crippen molar-refractivity contribution in [2.75, 3.05) is 19.4 Å². The van der Waals surface area contributed by atoms with Crippen LogP contribution in [0.25, 0.3) is 0 Å². The van der Waals surface area contributed by atoms with Crippen LogP contribution in [0.1, 0.15) is 20.3 Å². The minimum Gasteiger partial charge on any atom is -0.495 e. The molecule has 0 fully saturated rings. The lowest BCUT2D eigenvalue weighted by Gasteiger charge is -2.12. The van der Waals surface area contributed by atoms with Crippen molar-refractivity contribution in [2.45, 2.75) is 31.2 Å². The van der Waals surface area contributed by atoms with Crippen LogP contribution in [0, 0.1) is 0 Å². The summed E-state index contributed by atoms with van der Waals surface area (Å²) in [6.07, 6.45) is 0.0576. The van der Waals surface area contributed by atoms with Gasteiger partial charge in [0.05, 0.1) is 7.11 Å². The number of carbonyl (C=O) groups excluding carboxylic acids is 1. The summed E-state index contributed by atoms with van der Waals surface area (Å²) in [5.41, 5.74) is 5.91. The molecule has 0 unspecified atom stereocenters. The van der Waals surface area contributed by atoms with Crippen molar-refractivity contribution in [1.29, 1.82) is 0 Å². The average molecular weight is 315 g/mol. The number of ether oxygens (including phenoxy) is 1. The summed E-state index contributed by atoms with van der Waals surface area (Å²) < 4.78 is 31.7. The van der Waals surface area contributed by atoms with Crippen molar-refractivity contribution in [2.24, 2.45) is 0 Å². The zero-order chi connectivity index (χ0) is 16.0. The van der Waals surface area contributed by atoms with Crippen molar-refractivity contribution in [3.8, 4) is 5.75 Å². The molecule has 0 aromatic heterocycles. The minimum atomic E-state index is -3.78. The summed E-state index contributed by atoms with van der Waals surface area (Å²) in [6.45, 7) is 3.66. The molecule has 0 spiro atoms. The van der Waals surface area contributed by atoms with Crippen LogP contribution in [0.4, 0.5) is 5.69 Å². The highest BCUT2D eigenvalue weighted by atomic mass is 32.2. The fraction of sp³-hybridized carbons (Fsp3) is 0.462. The molecule has 1 aromatic rings. The summed E-state index contributed by atoms with van der Waals surface area (Å²) in [5.74, 6) is -0.0180. The Hall–Kier alpha value is -1.80. The number of anilines is 1. The van der Waals surface area contributed by atoms with Gasteiger partial charge in [-0.05, 0) is 32.0 Å². The molecule has 0 saturated carbocycles. The van der Waals surface area contributed by atoms with E-state index in [9.17, 15) is 13.2 Å². The Bertz CT molecular complexity index is 599. The minimum absolute atomic E-state index is 0.00115. The van der Waals surface area contributed by atoms with Gasteiger partial charge in [0.25, 0.3) is 0 Å². The first-order valence-electron chi connectivity index (χ1n) is 6.49. The normalized spacial score (nSPS) is 11.4. The Kier molecular flexibility index (Phi) is 5.98. The fourth-order valence-electron chi connectivity index (χ4n) is 1.67. The third kappa shape index (κ3) is 5.24. The lowest BCUT2D eigenvalue weighted by molar-refractivity contribution is -0.121. The number of sulfonamides is 1. The number of amides is 1. The second-order valence-electron chi connectivity index (χ2n) is 4.78. The Morgan fingerprint density at radius 2 is 2.05 bits per heavy atom.